The summed E-state index contributed by atoms with van der Waals surface area (Å²) < 4.78 is 4.96. The van der Waals surface area contributed by atoms with Gasteiger partial charge < -0.3 is 15.6 Å². The molecule has 5 heteroatoms. The normalized spacial score (nSPS) is 9.47. The molecule has 2 aromatic carbocycles. The fourth-order valence-corrected chi connectivity index (χ4v) is 1.65. The topological polar surface area (TPSA) is 79.3 Å². The second kappa shape index (κ2) is 6.66. The Bertz CT molecular complexity index is 538. The van der Waals surface area contributed by atoms with Crippen molar-refractivity contribution in [2.24, 2.45) is 5.73 Å². The van der Waals surface area contributed by atoms with Gasteiger partial charge in [0.1, 0.15) is 11.5 Å². The molecule has 0 spiro atoms. The molecule has 2 aromatic rings. The van der Waals surface area contributed by atoms with Gasteiger partial charge in [-0.15, -0.1) is 12.4 Å². The molecule has 0 heterocycles. The molecule has 19 heavy (non-hydrogen) atoms. The van der Waals surface area contributed by atoms with Crippen LogP contribution in [0.5, 0.6) is 11.5 Å². The van der Waals surface area contributed by atoms with Crippen molar-refractivity contribution in [3.8, 4) is 11.5 Å². The Balaban J connectivity index is 0.00000180. The van der Waals surface area contributed by atoms with Crippen LogP contribution in [-0.2, 0) is 6.42 Å². The van der Waals surface area contributed by atoms with Gasteiger partial charge in [0, 0.05) is 0 Å². The molecule has 0 amide bonds. The highest BCUT2D eigenvalue weighted by Gasteiger charge is 1.99. The summed E-state index contributed by atoms with van der Waals surface area (Å²) in [6.07, 6.45) is 0.778. The summed E-state index contributed by atoms with van der Waals surface area (Å²) >= 11 is 0. The number of nitrogens with one attached hydrogen (secondary N) is 1. The van der Waals surface area contributed by atoms with Crippen LogP contribution in [0.25, 0.3) is 0 Å². The summed E-state index contributed by atoms with van der Waals surface area (Å²) in [7, 11) is 0. The number of phenolic OH excluding ortho intramolecular Hbond substituents is 1. The number of halogens is 1. The van der Waals surface area contributed by atoms with Crippen molar-refractivity contribution in [3.63, 3.8) is 0 Å². The van der Waals surface area contributed by atoms with Crippen LogP contribution >= 0.6 is 12.4 Å². The lowest BCUT2D eigenvalue weighted by Crippen LogP contribution is -2.17. The fraction of sp³-hybridized carbons (Fsp3) is 0.0714. The summed E-state index contributed by atoms with van der Waals surface area (Å²) in [5.74, 6) is 0.820. The van der Waals surface area contributed by atoms with E-state index in [0.717, 1.165) is 17.5 Å². The smallest absolute Gasteiger partial charge is 0.284 e. The van der Waals surface area contributed by atoms with Gasteiger partial charge in [-0.2, -0.15) is 0 Å². The van der Waals surface area contributed by atoms with Gasteiger partial charge in [-0.1, -0.05) is 24.3 Å². The molecule has 0 saturated carbocycles. The van der Waals surface area contributed by atoms with E-state index in [9.17, 15) is 5.11 Å². The van der Waals surface area contributed by atoms with E-state index < -0.39 is 0 Å². The summed E-state index contributed by atoms with van der Waals surface area (Å²) in [6.45, 7) is 0. The molecule has 0 unspecified atom stereocenters. The monoisotopic (exact) mass is 278 g/mol. The third-order valence-corrected chi connectivity index (χ3v) is 2.50. The van der Waals surface area contributed by atoms with Crippen molar-refractivity contribution in [2.45, 2.75) is 6.42 Å². The minimum absolute atomic E-state index is 0. The minimum atomic E-state index is -0.318. The van der Waals surface area contributed by atoms with E-state index in [1.807, 2.05) is 24.3 Å². The highest BCUT2D eigenvalue weighted by Crippen LogP contribution is 2.17. The maximum Gasteiger partial charge on any atom is 0.284 e. The quantitative estimate of drug-likeness (QED) is 0.596. The number of benzene rings is 2. The van der Waals surface area contributed by atoms with Crippen LogP contribution < -0.4 is 10.5 Å². The first-order valence-electron chi connectivity index (χ1n) is 5.52. The van der Waals surface area contributed by atoms with E-state index in [1.54, 1.807) is 24.3 Å². The maximum absolute atomic E-state index is 9.19. The number of nitrogens with two attached hydrogens (primary N) is 1. The molecule has 0 aliphatic heterocycles. The predicted molar refractivity (Wildman–Crippen MR) is 77.1 cm³/mol. The molecule has 0 aliphatic rings. The average molecular weight is 279 g/mol. The Kier molecular flexibility index (Phi) is 5.21. The lowest BCUT2D eigenvalue weighted by atomic mass is 10.0. The number of aromatic hydroxyl groups is 1. The molecule has 0 bridgehead atoms. The highest BCUT2D eigenvalue weighted by molar-refractivity contribution is 5.85. The van der Waals surface area contributed by atoms with Crippen LogP contribution in [0.15, 0.2) is 48.5 Å². The van der Waals surface area contributed by atoms with Crippen molar-refractivity contribution in [1.29, 1.82) is 5.41 Å². The van der Waals surface area contributed by atoms with E-state index in [1.165, 1.54) is 0 Å². The number of rotatable bonds is 3. The largest absolute Gasteiger partial charge is 0.508 e. The molecule has 4 N–H and O–H groups in total. The van der Waals surface area contributed by atoms with Crippen LogP contribution in [0.3, 0.4) is 0 Å². The van der Waals surface area contributed by atoms with Crippen molar-refractivity contribution >= 4 is 18.4 Å². The van der Waals surface area contributed by atoms with Crippen LogP contribution in [0, 0.1) is 5.41 Å². The predicted octanol–water partition coefficient (Wildman–Crippen LogP) is 2.68. The first-order chi connectivity index (χ1) is 8.63. The molecule has 0 atom stereocenters. The lowest BCUT2D eigenvalue weighted by Gasteiger charge is -2.05. The van der Waals surface area contributed by atoms with Crippen molar-refractivity contribution in [3.05, 3.63) is 59.7 Å². The molecule has 0 aliphatic carbocycles. The van der Waals surface area contributed by atoms with Crippen LogP contribution in [0.2, 0.25) is 0 Å². The molecule has 0 radical (unpaired) electrons. The summed E-state index contributed by atoms with van der Waals surface area (Å²) in [5.41, 5.74) is 7.38. The Morgan fingerprint density at radius 2 is 1.47 bits per heavy atom. The lowest BCUT2D eigenvalue weighted by molar-refractivity contribution is 0.475. The molecule has 0 fully saturated rings. The number of ether oxygens (including phenoxy) is 1. The Labute approximate surface area is 117 Å². The van der Waals surface area contributed by atoms with E-state index in [-0.39, 0.29) is 24.2 Å². The second-order valence-electron chi connectivity index (χ2n) is 3.95. The van der Waals surface area contributed by atoms with Crippen LogP contribution in [0.4, 0.5) is 0 Å². The maximum atomic E-state index is 9.19. The zero-order chi connectivity index (χ0) is 13.0. The summed E-state index contributed by atoms with van der Waals surface area (Å²) in [4.78, 5) is 0. The molecule has 0 aromatic heterocycles. The molecule has 100 valence electrons. The third-order valence-electron chi connectivity index (χ3n) is 2.50. The first-order valence-corrected chi connectivity index (χ1v) is 5.52. The number of hydrogen-bond acceptors (Lipinski definition) is 3. The van der Waals surface area contributed by atoms with Gasteiger partial charge in [0.25, 0.3) is 6.02 Å². The van der Waals surface area contributed by atoms with E-state index in [4.69, 9.17) is 15.9 Å². The Morgan fingerprint density at radius 1 is 1.00 bits per heavy atom. The van der Waals surface area contributed by atoms with Gasteiger partial charge in [-0.25, -0.2) is 0 Å². The van der Waals surface area contributed by atoms with E-state index in [0.29, 0.717) is 5.75 Å². The molecule has 2 rings (SSSR count). The molecule has 0 saturated heterocycles. The first kappa shape index (κ1) is 14.9. The van der Waals surface area contributed by atoms with Gasteiger partial charge in [0.2, 0.25) is 0 Å². The van der Waals surface area contributed by atoms with Gasteiger partial charge in [-0.05, 0) is 41.8 Å². The van der Waals surface area contributed by atoms with E-state index >= 15 is 0 Å². The zero-order valence-electron chi connectivity index (χ0n) is 10.2. The molecular weight excluding hydrogens is 264 g/mol. The Hall–Kier alpha value is -2.20. The molecule has 4 nitrogen and oxygen atoms in total. The third kappa shape index (κ3) is 4.52. The number of hydrogen-bond donors (Lipinski definition) is 3. The van der Waals surface area contributed by atoms with Gasteiger partial charge in [0.05, 0.1) is 0 Å². The Morgan fingerprint density at radius 3 is 1.95 bits per heavy atom. The number of amidine groups is 1. The second-order valence-corrected chi connectivity index (χ2v) is 3.95. The fourth-order valence-electron chi connectivity index (χ4n) is 1.65. The van der Waals surface area contributed by atoms with Crippen LogP contribution in [-0.4, -0.2) is 11.1 Å². The van der Waals surface area contributed by atoms with Gasteiger partial charge in [-0.3, -0.25) is 5.41 Å². The summed E-state index contributed by atoms with van der Waals surface area (Å²) in [6, 6.07) is 14.2. The highest BCUT2D eigenvalue weighted by atomic mass is 35.5. The number of phenols is 1. The minimum Gasteiger partial charge on any atom is -0.508 e. The standard InChI is InChI=1S/C14H14N2O2.ClH/c15-14(16)18-13-7-3-11(4-8-13)9-10-1-5-12(17)6-2-10;/h1-8,17H,9H2,(H3,15,16);1H. The SMILES string of the molecule is Cl.N=C(N)Oc1ccc(Cc2ccc(O)cc2)cc1. The summed E-state index contributed by atoms with van der Waals surface area (Å²) in [5, 5.41) is 16.2. The average Bonchev–Trinajstić information content (AvgIpc) is 2.34. The van der Waals surface area contributed by atoms with Crippen LogP contribution in [0.1, 0.15) is 11.1 Å². The van der Waals surface area contributed by atoms with Crippen molar-refractivity contribution < 1.29 is 9.84 Å². The van der Waals surface area contributed by atoms with Gasteiger partial charge in [0.15, 0.2) is 0 Å². The van der Waals surface area contributed by atoms with Crippen molar-refractivity contribution in [2.75, 3.05) is 0 Å². The van der Waals surface area contributed by atoms with Gasteiger partial charge >= 0.3 is 0 Å². The van der Waals surface area contributed by atoms with Crippen molar-refractivity contribution in [1.82, 2.24) is 0 Å². The van der Waals surface area contributed by atoms with E-state index in [2.05, 4.69) is 0 Å². The zero-order valence-corrected chi connectivity index (χ0v) is 11.0. The molecular formula is C14H15ClN2O2.